The Kier molecular flexibility index (Phi) is 6.00. The van der Waals surface area contributed by atoms with E-state index in [2.05, 4.69) is 21.1 Å². The van der Waals surface area contributed by atoms with E-state index in [1.807, 2.05) is 0 Å². The van der Waals surface area contributed by atoms with E-state index in [9.17, 15) is 15.0 Å². The minimum atomic E-state index is -0.717. The molecule has 2 rings (SSSR count). The predicted molar refractivity (Wildman–Crippen MR) is 93.1 cm³/mol. The lowest BCUT2D eigenvalue weighted by Gasteiger charge is -2.01. The van der Waals surface area contributed by atoms with E-state index in [1.54, 1.807) is 0 Å². The van der Waals surface area contributed by atoms with Gasteiger partial charge in [0.05, 0.1) is 12.4 Å². The van der Waals surface area contributed by atoms with Gasteiger partial charge in [0, 0.05) is 21.2 Å². The molecule has 2 aromatic carbocycles. The van der Waals surface area contributed by atoms with Crippen LogP contribution in [0.5, 0.6) is 11.5 Å². The summed E-state index contributed by atoms with van der Waals surface area (Å²) in [5.74, 6) is -0.0559. The number of aromatic hydroxyl groups is 2. The van der Waals surface area contributed by atoms with E-state index in [0.717, 1.165) is 0 Å². The van der Waals surface area contributed by atoms with E-state index < -0.39 is 6.03 Å². The van der Waals surface area contributed by atoms with Gasteiger partial charge >= 0.3 is 6.03 Å². The van der Waals surface area contributed by atoms with Crippen LogP contribution in [0.2, 0.25) is 10.0 Å². The number of halogens is 2. The average molecular weight is 367 g/mol. The van der Waals surface area contributed by atoms with Crippen LogP contribution < -0.4 is 10.9 Å². The molecule has 0 heterocycles. The maximum absolute atomic E-state index is 11.5. The number of urea groups is 1. The monoisotopic (exact) mass is 366 g/mol. The van der Waals surface area contributed by atoms with Gasteiger partial charge in [0.25, 0.3) is 0 Å². The number of phenolic OH excluding ortho intramolecular Hbond substituents is 2. The van der Waals surface area contributed by atoms with Crippen molar-refractivity contribution in [3.8, 4) is 11.5 Å². The first kappa shape index (κ1) is 17.6. The highest BCUT2D eigenvalue weighted by Crippen LogP contribution is 2.20. The van der Waals surface area contributed by atoms with E-state index in [0.29, 0.717) is 21.2 Å². The van der Waals surface area contributed by atoms with Crippen LogP contribution in [0.3, 0.4) is 0 Å². The predicted octanol–water partition coefficient (Wildman–Crippen LogP) is 3.07. The summed E-state index contributed by atoms with van der Waals surface area (Å²) in [6, 6.07) is 8.12. The highest BCUT2D eigenvalue weighted by atomic mass is 35.5. The van der Waals surface area contributed by atoms with Crippen molar-refractivity contribution in [2.75, 3.05) is 0 Å². The first-order chi connectivity index (χ1) is 11.5. The summed E-state index contributed by atoms with van der Waals surface area (Å²) in [5, 5.41) is 27.3. The molecule has 9 heteroatoms. The number of benzene rings is 2. The molecule has 2 amide bonds. The fourth-order valence-corrected chi connectivity index (χ4v) is 1.96. The van der Waals surface area contributed by atoms with Crippen LogP contribution in [0.4, 0.5) is 4.79 Å². The Labute approximate surface area is 147 Å². The minimum absolute atomic E-state index is 0.0280. The second-order valence-electron chi connectivity index (χ2n) is 4.48. The zero-order valence-corrected chi connectivity index (χ0v) is 13.6. The Morgan fingerprint density at radius 3 is 1.71 bits per heavy atom. The summed E-state index contributed by atoms with van der Waals surface area (Å²) < 4.78 is 0. The highest BCUT2D eigenvalue weighted by Gasteiger charge is 2.01. The number of hydrogen-bond donors (Lipinski definition) is 4. The van der Waals surface area contributed by atoms with Gasteiger partial charge < -0.3 is 10.2 Å². The lowest BCUT2D eigenvalue weighted by atomic mass is 10.2. The number of carbonyl (C=O) groups is 1. The Balaban J connectivity index is 1.89. The number of phenols is 2. The second kappa shape index (κ2) is 8.19. The van der Waals surface area contributed by atoms with Gasteiger partial charge in [-0.05, 0) is 36.4 Å². The lowest BCUT2D eigenvalue weighted by Crippen LogP contribution is -2.28. The van der Waals surface area contributed by atoms with Gasteiger partial charge in [0.1, 0.15) is 11.5 Å². The molecule has 0 spiro atoms. The summed E-state index contributed by atoms with van der Waals surface area (Å²) in [7, 11) is 0. The third-order valence-electron chi connectivity index (χ3n) is 2.72. The molecular weight excluding hydrogens is 355 g/mol. The molecule has 0 aliphatic heterocycles. The molecule has 4 N–H and O–H groups in total. The molecule has 0 bridgehead atoms. The Morgan fingerprint density at radius 1 is 0.875 bits per heavy atom. The summed E-state index contributed by atoms with van der Waals surface area (Å²) in [6.45, 7) is 0. The first-order valence-electron chi connectivity index (χ1n) is 6.55. The van der Waals surface area contributed by atoms with Crippen LogP contribution in [0, 0.1) is 0 Å². The van der Waals surface area contributed by atoms with Crippen molar-refractivity contribution in [1.29, 1.82) is 0 Å². The van der Waals surface area contributed by atoms with Crippen LogP contribution in [0.15, 0.2) is 46.6 Å². The zero-order valence-electron chi connectivity index (χ0n) is 12.1. The molecule has 0 aliphatic rings. The number of nitrogens with one attached hydrogen (secondary N) is 2. The molecule has 0 aromatic heterocycles. The Morgan fingerprint density at radius 2 is 1.29 bits per heavy atom. The fourth-order valence-electron chi connectivity index (χ4n) is 1.60. The van der Waals surface area contributed by atoms with Crippen molar-refractivity contribution < 1.29 is 15.0 Å². The van der Waals surface area contributed by atoms with Crippen LogP contribution in [0.25, 0.3) is 0 Å². The Hall–Kier alpha value is -2.77. The van der Waals surface area contributed by atoms with Crippen LogP contribution in [-0.2, 0) is 0 Å². The normalized spacial score (nSPS) is 11.1. The molecule has 7 nitrogen and oxygen atoms in total. The molecule has 124 valence electrons. The molecule has 2 aromatic rings. The van der Waals surface area contributed by atoms with Crippen molar-refractivity contribution in [1.82, 2.24) is 10.9 Å². The number of rotatable bonds is 4. The fraction of sp³-hybridized carbons (Fsp3) is 0. The van der Waals surface area contributed by atoms with Gasteiger partial charge in [0.2, 0.25) is 0 Å². The SMILES string of the molecule is O=C(N/N=C\c1cc(Cl)ccc1O)N/N=C\c1cc(Cl)ccc1O. The Bertz CT molecular complexity index is 744. The largest absolute Gasteiger partial charge is 0.507 e. The van der Waals surface area contributed by atoms with Crippen molar-refractivity contribution in [2.45, 2.75) is 0 Å². The van der Waals surface area contributed by atoms with Crippen molar-refractivity contribution in [3.63, 3.8) is 0 Å². The maximum Gasteiger partial charge on any atom is 0.355 e. The van der Waals surface area contributed by atoms with Gasteiger partial charge in [-0.3, -0.25) is 0 Å². The molecule has 0 unspecified atom stereocenters. The highest BCUT2D eigenvalue weighted by molar-refractivity contribution is 6.31. The lowest BCUT2D eigenvalue weighted by molar-refractivity contribution is 0.242. The van der Waals surface area contributed by atoms with E-state index in [4.69, 9.17) is 23.2 Å². The van der Waals surface area contributed by atoms with Crippen LogP contribution >= 0.6 is 23.2 Å². The molecule has 24 heavy (non-hydrogen) atoms. The number of carbonyl (C=O) groups excluding carboxylic acids is 1. The standard InChI is InChI=1S/C15H12Cl2N4O3/c16-11-1-3-13(22)9(5-11)7-18-20-15(24)21-19-8-10-6-12(17)2-4-14(10)23/h1-8,22-23H,(H2,20,21,24)/b18-7-,19-8-. The quantitative estimate of drug-likeness (QED) is 0.493. The molecule has 0 fully saturated rings. The van der Waals surface area contributed by atoms with Crippen LogP contribution in [0.1, 0.15) is 11.1 Å². The summed E-state index contributed by atoms with van der Waals surface area (Å²) in [6.07, 6.45) is 2.46. The molecule has 0 radical (unpaired) electrons. The van der Waals surface area contributed by atoms with Gasteiger partial charge in [-0.15, -0.1) is 0 Å². The molecule has 0 saturated heterocycles. The molecule has 0 atom stereocenters. The van der Waals surface area contributed by atoms with E-state index in [1.165, 1.54) is 48.8 Å². The van der Waals surface area contributed by atoms with Crippen molar-refractivity contribution in [3.05, 3.63) is 57.6 Å². The second-order valence-corrected chi connectivity index (χ2v) is 5.35. The topological polar surface area (TPSA) is 106 Å². The minimum Gasteiger partial charge on any atom is -0.507 e. The third-order valence-corrected chi connectivity index (χ3v) is 3.19. The van der Waals surface area contributed by atoms with Gasteiger partial charge in [0.15, 0.2) is 0 Å². The van der Waals surface area contributed by atoms with Gasteiger partial charge in [-0.2, -0.15) is 10.2 Å². The van der Waals surface area contributed by atoms with E-state index in [-0.39, 0.29) is 11.5 Å². The van der Waals surface area contributed by atoms with Crippen molar-refractivity contribution in [2.24, 2.45) is 10.2 Å². The summed E-state index contributed by atoms with van der Waals surface area (Å²) >= 11 is 11.6. The van der Waals surface area contributed by atoms with Crippen molar-refractivity contribution >= 4 is 41.7 Å². The molecule has 0 saturated carbocycles. The third kappa shape index (κ3) is 5.15. The molecule has 0 aliphatic carbocycles. The number of amides is 2. The zero-order chi connectivity index (χ0) is 17.5. The first-order valence-corrected chi connectivity index (χ1v) is 7.30. The van der Waals surface area contributed by atoms with E-state index >= 15 is 0 Å². The summed E-state index contributed by atoms with van der Waals surface area (Å²) in [4.78, 5) is 11.5. The summed E-state index contributed by atoms with van der Waals surface area (Å²) in [5.41, 5.74) is 4.99. The number of hydrazone groups is 2. The number of hydrogen-bond acceptors (Lipinski definition) is 5. The molecular formula is C15H12Cl2N4O3. The number of nitrogens with zero attached hydrogens (tertiary/aromatic N) is 2. The maximum atomic E-state index is 11.5. The van der Waals surface area contributed by atoms with Crippen LogP contribution in [-0.4, -0.2) is 28.7 Å². The van der Waals surface area contributed by atoms with Gasteiger partial charge in [-0.1, -0.05) is 23.2 Å². The average Bonchev–Trinajstić information content (AvgIpc) is 2.54. The van der Waals surface area contributed by atoms with Gasteiger partial charge in [-0.25, -0.2) is 15.6 Å². The smallest absolute Gasteiger partial charge is 0.355 e.